The van der Waals surface area contributed by atoms with Gasteiger partial charge in [-0.3, -0.25) is 14.2 Å². The lowest BCUT2D eigenvalue weighted by Crippen LogP contribution is -2.02. The van der Waals surface area contributed by atoms with E-state index in [0.29, 0.717) is 12.1 Å². The molecule has 3 aromatic rings. The average Bonchev–Trinajstić information content (AvgIpc) is 3.21. The smallest absolute Gasteiger partial charge is 0.189 e. The van der Waals surface area contributed by atoms with Gasteiger partial charge in [-0.1, -0.05) is 12.1 Å². The van der Waals surface area contributed by atoms with E-state index in [0.717, 1.165) is 28.3 Å². The number of ether oxygens (including phenoxy) is 1. The SMILES string of the molecule is COc1ccc(/C=C/C(=O)c2c(C)nn(C)c2C)cc1Cn1cccn1. The van der Waals surface area contributed by atoms with E-state index in [2.05, 4.69) is 10.2 Å². The molecular formula is C20H22N4O2. The molecule has 6 nitrogen and oxygen atoms in total. The van der Waals surface area contributed by atoms with Crippen LogP contribution in [0.3, 0.4) is 0 Å². The summed E-state index contributed by atoms with van der Waals surface area (Å²) in [7, 11) is 3.49. The fraction of sp³-hybridized carbons (Fsp3) is 0.250. The van der Waals surface area contributed by atoms with Crippen LogP contribution in [-0.2, 0) is 13.6 Å². The second-order valence-corrected chi connectivity index (χ2v) is 6.14. The molecule has 6 heteroatoms. The van der Waals surface area contributed by atoms with E-state index in [1.54, 1.807) is 24.1 Å². The van der Waals surface area contributed by atoms with Crippen molar-refractivity contribution in [2.45, 2.75) is 20.4 Å². The third-order valence-corrected chi connectivity index (χ3v) is 4.38. The number of rotatable bonds is 6. The van der Waals surface area contributed by atoms with Crippen LogP contribution in [0.15, 0.2) is 42.7 Å². The van der Waals surface area contributed by atoms with E-state index >= 15 is 0 Å². The van der Waals surface area contributed by atoms with Gasteiger partial charge in [0.25, 0.3) is 0 Å². The summed E-state index contributed by atoms with van der Waals surface area (Å²) in [4.78, 5) is 12.6. The highest BCUT2D eigenvalue weighted by atomic mass is 16.5. The summed E-state index contributed by atoms with van der Waals surface area (Å²) in [6, 6.07) is 7.72. The largest absolute Gasteiger partial charge is 0.496 e. The van der Waals surface area contributed by atoms with Crippen LogP contribution in [0.5, 0.6) is 5.75 Å². The van der Waals surface area contributed by atoms with Gasteiger partial charge in [0.1, 0.15) is 5.75 Å². The molecule has 2 aromatic heterocycles. The van der Waals surface area contributed by atoms with Crippen molar-refractivity contribution in [1.82, 2.24) is 19.6 Å². The molecule has 0 unspecified atom stereocenters. The third kappa shape index (κ3) is 3.59. The molecule has 0 radical (unpaired) electrons. The number of ketones is 1. The van der Waals surface area contributed by atoms with Crippen molar-refractivity contribution in [2.24, 2.45) is 7.05 Å². The molecule has 0 fully saturated rings. The van der Waals surface area contributed by atoms with E-state index in [4.69, 9.17) is 4.74 Å². The molecule has 1 aromatic carbocycles. The number of hydrogen-bond donors (Lipinski definition) is 0. The molecule has 2 heterocycles. The number of carbonyl (C=O) groups is 1. The minimum Gasteiger partial charge on any atom is -0.496 e. The maximum Gasteiger partial charge on any atom is 0.189 e. The normalized spacial score (nSPS) is 11.2. The fourth-order valence-corrected chi connectivity index (χ4v) is 2.98. The van der Waals surface area contributed by atoms with E-state index in [1.165, 1.54) is 0 Å². The lowest BCUT2D eigenvalue weighted by Gasteiger charge is -2.09. The van der Waals surface area contributed by atoms with Crippen LogP contribution in [0.2, 0.25) is 0 Å². The molecule has 0 spiro atoms. The summed E-state index contributed by atoms with van der Waals surface area (Å²) in [6.45, 7) is 4.35. The minimum atomic E-state index is -0.0439. The van der Waals surface area contributed by atoms with Crippen molar-refractivity contribution >= 4 is 11.9 Å². The van der Waals surface area contributed by atoms with Crippen LogP contribution in [0.1, 0.15) is 32.9 Å². The molecule has 0 bridgehead atoms. The zero-order chi connectivity index (χ0) is 18.7. The third-order valence-electron chi connectivity index (χ3n) is 4.38. The molecular weight excluding hydrogens is 328 g/mol. The first-order chi connectivity index (χ1) is 12.5. The quantitative estimate of drug-likeness (QED) is 0.506. The standard InChI is InChI=1S/C20H22N4O2/c1-14-20(15(2)23(3)22-14)18(25)8-6-16-7-9-19(26-4)17(12-16)13-24-11-5-10-21-24/h5-12H,13H2,1-4H3/b8-6+. The number of methoxy groups -OCH3 is 1. The monoisotopic (exact) mass is 350 g/mol. The first-order valence-corrected chi connectivity index (χ1v) is 8.36. The topological polar surface area (TPSA) is 61.9 Å². The van der Waals surface area contributed by atoms with Gasteiger partial charge in [0.15, 0.2) is 5.78 Å². The summed E-state index contributed by atoms with van der Waals surface area (Å²) in [5.41, 5.74) is 4.20. The summed E-state index contributed by atoms with van der Waals surface area (Å²) in [5, 5.41) is 8.53. The number of aryl methyl sites for hydroxylation is 2. The van der Waals surface area contributed by atoms with Crippen LogP contribution in [0.25, 0.3) is 6.08 Å². The van der Waals surface area contributed by atoms with Gasteiger partial charge in [0.2, 0.25) is 0 Å². The summed E-state index contributed by atoms with van der Waals surface area (Å²) >= 11 is 0. The summed E-state index contributed by atoms with van der Waals surface area (Å²) < 4.78 is 9.00. The lowest BCUT2D eigenvalue weighted by atomic mass is 10.1. The Morgan fingerprint density at radius 1 is 1.31 bits per heavy atom. The van der Waals surface area contributed by atoms with E-state index in [-0.39, 0.29) is 5.78 Å². The molecule has 26 heavy (non-hydrogen) atoms. The van der Waals surface area contributed by atoms with Crippen LogP contribution < -0.4 is 4.74 Å². The summed E-state index contributed by atoms with van der Waals surface area (Å²) in [5.74, 6) is 0.750. The Morgan fingerprint density at radius 3 is 2.73 bits per heavy atom. The Bertz CT molecular complexity index is 953. The zero-order valence-electron chi connectivity index (χ0n) is 15.4. The first kappa shape index (κ1) is 17.7. The lowest BCUT2D eigenvalue weighted by molar-refractivity contribution is 0.104. The van der Waals surface area contributed by atoms with Crippen LogP contribution >= 0.6 is 0 Å². The van der Waals surface area contributed by atoms with Gasteiger partial charge in [-0.25, -0.2) is 0 Å². The van der Waals surface area contributed by atoms with Gasteiger partial charge in [-0.2, -0.15) is 10.2 Å². The van der Waals surface area contributed by atoms with Gasteiger partial charge in [-0.15, -0.1) is 0 Å². The maximum atomic E-state index is 12.6. The molecule has 0 amide bonds. The van der Waals surface area contributed by atoms with Gasteiger partial charge < -0.3 is 4.74 Å². The highest BCUT2D eigenvalue weighted by Gasteiger charge is 2.14. The number of benzene rings is 1. The maximum absolute atomic E-state index is 12.6. The Hall–Kier alpha value is -3.15. The van der Waals surface area contributed by atoms with Gasteiger partial charge >= 0.3 is 0 Å². The van der Waals surface area contributed by atoms with Crippen molar-refractivity contribution in [2.75, 3.05) is 7.11 Å². The molecule has 0 atom stereocenters. The van der Waals surface area contributed by atoms with Crippen LogP contribution in [-0.4, -0.2) is 32.5 Å². The Kier molecular flexibility index (Phi) is 5.02. The molecule has 0 saturated carbocycles. The fourth-order valence-electron chi connectivity index (χ4n) is 2.98. The number of hydrogen-bond acceptors (Lipinski definition) is 4. The number of allylic oxidation sites excluding steroid dienone is 1. The van der Waals surface area contributed by atoms with Crippen molar-refractivity contribution < 1.29 is 9.53 Å². The molecule has 134 valence electrons. The highest BCUT2D eigenvalue weighted by molar-refractivity contribution is 6.08. The van der Waals surface area contributed by atoms with Crippen molar-refractivity contribution in [1.29, 1.82) is 0 Å². The Morgan fingerprint density at radius 2 is 2.12 bits per heavy atom. The zero-order valence-corrected chi connectivity index (χ0v) is 15.4. The van der Waals surface area contributed by atoms with Gasteiger partial charge in [0.05, 0.1) is 24.9 Å². The molecule has 3 rings (SSSR count). The second-order valence-electron chi connectivity index (χ2n) is 6.14. The molecule has 0 aliphatic heterocycles. The summed E-state index contributed by atoms with van der Waals surface area (Å²) in [6.07, 6.45) is 7.06. The highest BCUT2D eigenvalue weighted by Crippen LogP contribution is 2.22. The van der Waals surface area contributed by atoms with Gasteiger partial charge in [0, 0.05) is 30.7 Å². The van der Waals surface area contributed by atoms with Crippen molar-refractivity contribution in [3.8, 4) is 5.75 Å². The van der Waals surface area contributed by atoms with Crippen LogP contribution in [0.4, 0.5) is 0 Å². The van der Waals surface area contributed by atoms with Gasteiger partial charge in [-0.05, 0) is 43.7 Å². The number of carbonyl (C=O) groups excluding carboxylic acids is 1. The molecule has 0 N–H and O–H groups in total. The van der Waals surface area contributed by atoms with Crippen molar-refractivity contribution in [3.05, 3.63) is 70.8 Å². The minimum absolute atomic E-state index is 0.0439. The van der Waals surface area contributed by atoms with E-state index in [1.807, 2.05) is 62.1 Å². The van der Waals surface area contributed by atoms with E-state index in [9.17, 15) is 4.79 Å². The molecule has 0 aliphatic carbocycles. The first-order valence-electron chi connectivity index (χ1n) is 8.36. The van der Waals surface area contributed by atoms with Crippen molar-refractivity contribution in [3.63, 3.8) is 0 Å². The average molecular weight is 350 g/mol. The second kappa shape index (κ2) is 7.39. The number of aromatic nitrogens is 4. The molecule has 0 saturated heterocycles. The molecule has 0 aliphatic rings. The van der Waals surface area contributed by atoms with Crippen LogP contribution in [0, 0.1) is 13.8 Å². The predicted molar refractivity (Wildman–Crippen MR) is 100 cm³/mol. The van der Waals surface area contributed by atoms with E-state index < -0.39 is 0 Å². The Balaban J connectivity index is 1.85. The Labute approximate surface area is 152 Å². The number of nitrogens with zero attached hydrogens (tertiary/aromatic N) is 4. The predicted octanol–water partition coefficient (Wildman–Crippen LogP) is 3.19.